The molecule has 1 saturated heterocycles. The molecule has 0 bridgehead atoms. The van der Waals surface area contributed by atoms with E-state index in [0.29, 0.717) is 42.2 Å². The monoisotopic (exact) mass is 540 g/mol. The molecular weight excluding hydrogens is 506 g/mol. The van der Waals surface area contributed by atoms with E-state index in [-0.39, 0.29) is 17.9 Å². The van der Waals surface area contributed by atoms with Gasteiger partial charge in [-0.25, -0.2) is 13.6 Å². The second kappa shape index (κ2) is 10.7. The fourth-order valence-electron chi connectivity index (χ4n) is 4.58. The Labute approximate surface area is 226 Å². The molecule has 1 aliphatic carbocycles. The Bertz CT molecular complexity index is 1330. The zero-order chi connectivity index (χ0) is 27.7. The van der Waals surface area contributed by atoms with Gasteiger partial charge in [0.15, 0.2) is 5.82 Å². The van der Waals surface area contributed by atoms with Crippen LogP contribution in [0, 0.1) is 11.6 Å². The fourth-order valence-corrected chi connectivity index (χ4v) is 4.58. The molecule has 208 valence electrons. The number of aromatic nitrogens is 5. The lowest BCUT2D eigenvalue weighted by Crippen LogP contribution is -2.41. The van der Waals surface area contributed by atoms with Gasteiger partial charge in [-0.3, -0.25) is 5.10 Å². The summed E-state index contributed by atoms with van der Waals surface area (Å²) in [7, 11) is 0. The van der Waals surface area contributed by atoms with Crippen LogP contribution in [-0.4, -0.2) is 54.8 Å². The Hall–Kier alpha value is -3.83. The van der Waals surface area contributed by atoms with E-state index in [1.165, 1.54) is 12.1 Å². The molecule has 0 radical (unpaired) electrons. The summed E-state index contributed by atoms with van der Waals surface area (Å²) in [4.78, 5) is 27.7. The van der Waals surface area contributed by atoms with Crippen LogP contribution in [0.25, 0.3) is 0 Å². The molecule has 3 aromatic rings. The third-order valence-corrected chi connectivity index (χ3v) is 6.79. The van der Waals surface area contributed by atoms with Crippen LogP contribution in [0.1, 0.15) is 88.3 Å². The van der Waals surface area contributed by atoms with Crippen molar-refractivity contribution >= 4 is 23.8 Å². The molecule has 1 aliphatic heterocycles. The van der Waals surface area contributed by atoms with Crippen molar-refractivity contribution in [2.75, 3.05) is 23.7 Å². The molecule has 12 heteroatoms. The van der Waals surface area contributed by atoms with E-state index < -0.39 is 23.3 Å². The predicted octanol–water partition coefficient (Wildman–Crippen LogP) is 5.78. The maximum atomic E-state index is 14.3. The molecule has 1 atom stereocenters. The summed E-state index contributed by atoms with van der Waals surface area (Å²) < 4.78 is 33.1. The number of rotatable bonds is 7. The normalized spacial score (nSPS) is 17.1. The van der Waals surface area contributed by atoms with Crippen LogP contribution in [0.4, 0.5) is 31.3 Å². The number of piperidine rings is 1. The third-order valence-electron chi connectivity index (χ3n) is 6.79. The smallest absolute Gasteiger partial charge is 0.410 e. The number of aromatic amines is 1. The van der Waals surface area contributed by atoms with Crippen LogP contribution < -0.4 is 10.6 Å². The lowest BCUT2D eigenvalue weighted by atomic mass is 9.94. The molecule has 2 fully saturated rings. The largest absolute Gasteiger partial charge is 0.444 e. The van der Waals surface area contributed by atoms with E-state index in [9.17, 15) is 13.6 Å². The maximum Gasteiger partial charge on any atom is 0.410 e. The van der Waals surface area contributed by atoms with Gasteiger partial charge >= 0.3 is 6.09 Å². The number of nitrogens with one attached hydrogen (secondary N) is 3. The summed E-state index contributed by atoms with van der Waals surface area (Å²) >= 11 is 0. The Morgan fingerprint density at radius 3 is 2.44 bits per heavy atom. The SMILES string of the molecule is CC(Nc1nc(Nc2cc(C3CCN(C(=O)OC(C)(C)C)CC3)[nH]n2)nc(C2CC2)n1)c1ccc(F)cc1F. The van der Waals surface area contributed by atoms with Crippen molar-refractivity contribution in [2.24, 2.45) is 0 Å². The first-order valence-corrected chi connectivity index (χ1v) is 13.3. The van der Waals surface area contributed by atoms with Gasteiger partial charge in [0.1, 0.15) is 23.1 Å². The van der Waals surface area contributed by atoms with Gasteiger partial charge in [-0.1, -0.05) is 6.07 Å². The first-order chi connectivity index (χ1) is 18.5. The number of ether oxygens (including phenoxy) is 1. The van der Waals surface area contributed by atoms with Crippen molar-refractivity contribution in [1.29, 1.82) is 0 Å². The standard InChI is InChI=1S/C27H34F2N8O2/c1-15(19-8-7-18(28)13-20(19)29)30-24-32-23(17-5-6-17)33-25(34-24)31-22-14-21(35-36-22)16-9-11-37(12-10-16)26(38)39-27(2,3)4/h7-8,13-17H,5-6,9-12H2,1-4H3,(H3,30,31,32,33,34,35,36). The number of likely N-dealkylation sites (tertiary alicyclic amines) is 1. The maximum absolute atomic E-state index is 14.3. The summed E-state index contributed by atoms with van der Waals surface area (Å²) in [6, 6.07) is 4.94. The second-order valence-corrected chi connectivity index (χ2v) is 11.2. The molecule has 1 amide bonds. The van der Waals surface area contributed by atoms with Crippen LogP contribution in [0.2, 0.25) is 0 Å². The molecule has 3 heterocycles. The predicted molar refractivity (Wildman–Crippen MR) is 142 cm³/mol. The molecule has 5 rings (SSSR count). The zero-order valence-electron chi connectivity index (χ0n) is 22.6. The molecular formula is C27H34F2N8O2. The van der Waals surface area contributed by atoms with Gasteiger partial charge in [0.2, 0.25) is 11.9 Å². The highest BCUT2D eigenvalue weighted by Crippen LogP contribution is 2.39. The van der Waals surface area contributed by atoms with Gasteiger partial charge in [-0.05, 0) is 59.4 Å². The molecule has 10 nitrogen and oxygen atoms in total. The van der Waals surface area contributed by atoms with Crippen molar-refractivity contribution < 1.29 is 18.3 Å². The van der Waals surface area contributed by atoms with Gasteiger partial charge in [0.05, 0.1) is 6.04 Å². The van der Waals surface area contributed by atoms with E-state index >= 15 is 0 Å². The van der Waals surface area contributed by atoms with Crippen molar-refractivity contribution in [1.82, 2.24) is 30.0 Å². The van der Waals surface area contributed by atoms with Crippen LogP contribution in [0.3, 0.4) is 0 Å². The molecule has 39 heavy (non-hydrogen) atoms. The van der Waals surface area contributed by atoms with Gasteiger partial charge < -0.3 is 20.3 Å². The Morgan fingerprint density at radius 2 is 1.77 bits per heavy atom. The number of amides is 1. The molecule has 1 unspecified atom stereocenters. The highest BCUT2D eigenvalue weighted by molar-refractivity contribution is 5.68. The van der Waals surface area contributed by atoms with Crippen LogP contribution in [0.15, 0.2) is 24.3 Å². The first-order valence-electron chi connectivity index (χ1n) is 13.3. The van der Waals surface area contributed by atoms with Gasteiger partial charge in [0, 0.05) is 48.3 Å². The Morgan fingerprint density at radius 1 is 1.05 bits per heavy atom. The van der Waals surface area contributed by atoms with Crippen molar-refractivity contribution in [3.8, 4) is 0 Å². The quantitative estimate of drug-likeness (QED) is 0.345. The minimum atomic E-state index is -0.634. The topological polar surface area (TPSA) is 121 Å². The number of benzene rings is 1. The van der Waals surface area contributed by atoms with Gasteiger partial charge in [-0.2, -0.15) is 20.1 Å². The molecule has 1 aromatic carbocycles. The van der Waals surface area contributed by atoms with E-state index in [0.717, 1.165) is 37.4 Å². The van der Waals surface area contributed by atoms with Crippen LogP contribution >= 0.6 is 0 Å². The molecule has 2 aromatic heterocycles. The second-order valence-electron chi connectivity index (χ2n) is 11.2. The number of hydrogen-bond donors (Lipinski definition) is 3. The van der Waals surface area contributed by atoms with E-state index in [1.807, 2.05) is 26.8 Å². The average Bonchev–Trinajstić information content (AvgIpc) is 3.62. The van der Waals surface area contributed by atoms with E-state index in [2.05, 4.69) is 35.8 Å². The average molecular weight is 541 g/mol. The number of halogens is 2. The number of hydrogen-bond acceptors (Lipinski definition) is 8. The fraction of sp³-hybridized carbons (Fsp3) is 0.519. The molecule has 0 spiro atoms. The summed E-state index contributed by atoms with van der Waals surface area (Å²) in [6.45, 7) is 8.58. The summed E-state index contributed by atoms with van der Waals surface area (Å²) in [5, 5.41) is 13.8. The van der Waals surface area contributed by atoms with Crippen molar-refractivity contribution in [3.63, 3.8) is 0 Å². The summed E-state index contributed by atoms with van der Waals surface area (Å²) in [5.41, 5.74) is 0.766. The lowest BCUT2D eigenvalue weighted by Gasteiger charge is -2.33. The first kappa shape index (κ1) is 26.8. The lowest BCUT2D eigenvalue weighted by molar-refractivity contribution is 0.0204. The number of H-pyrrole nitrogens is 1. The minimum absolute atomic E-state index is 0.232. The number of carbonyl (C=O) groups excluding carboxylic acids is 1. The zero-order valence-corrected chi connectivity index (χ0v) is 22.6. The molecule has 3 N–H and O–H groups in total. The van der Waals surface area contributed by atoms with Crippen LogP contribution in [-0.2, 0) is 4.74 Å². The number of anilines is 3. The Kier molecular flexibility index (Phi) is 7.37. The highest BCUT2D eigenvalue weighted by atomic mass is 19.1. The highest BCUT2D eigenvalue weighted by Gasteiger charge is 2.30. The molecule has 2 aliphatic rings. The van der Waals surface area contributed by atoms with Crippen molar-refractivity contribution in [3.05, 3.63) is 53.0 Å². The Balaban J connectivity index is 1.24. The van der Waals surface area contributed by atoms with Crippen LogP contribution in [0.5, 0.6) is 0 Å². The summed E-state index contributed by atoms with van der Waals surface area (Å²) in [5.74, 6) is 1.09. The minimum Gasteiger partial charge on any atom is -0.444 e. The third kappa shape index (κ3) is 6.79. The number of carbonyl (C=O) groups is 1. The van der Waals surface area contributed by atoms with Gasteiger partial charge in [-0.15, -0.1) is 0 Å². The van der Waals surface area contributed by atoms with Gasteiger partial charge in [0.25, 0.3) is 0 Å². The van der Waals surface area contributed by atoms with E-state index in [1.54, 1.807) is 11.8 Å². The number of nitrogens with zero attached hydrogens (tertiary/aromatic N) is 5. The summed E-state index contributed by atoms with van der Waals surface area (Å²) in [6.07, 6.45) is 3.31. The molecule has 1 saturated carbocycles. The van der Waals surface area contributed by atoms with Crippen molar-refractivity contribution in [2.45, 2.75) is 76.9 Å². The van der Waals surface area contributed by atoms with E-state index in [4.69, 9.17) is 4.74 Å².